The fraction of sp³-hybridized carbons (Fsp3) is 0.438. The molecule has 0 N–H and O–H groups in total. The van der Waals surface area contributed by atoms with Gasteiger partial charge in [-0.2, -0.15) is 0 Å². The van der Waals surface area contributed by atoms with Crippen LogP contribution in [0.25, 0.3) is 0 Å². The van der Waals surface area contributed by atoms with E-state index in [1.807, 2.05) is 0 Å². The zero-order valence-corrected chi connectivity index (χ0v) is 22.1. The van der Waals surface area contributed by atoms with Gasteiger partial charge in [0, 0.05) is 0 Å². The molecule has 0 unspecified atom stereocenters. The van der Waals surface area contributed by atoms with Crippen LogP contribution in [0.5, 0.6) is 0 Å². The van der Waals surface area contributed by atoms with Gasteiger partial charge in [0.1, 0.15) is 23.2 Å². The van der Waals surface area contributed by atoms with Gasteiger partial charge in [-0.3, -0.25) is 0 Å². The summed E-state index contributed by atoms with van der Waals surface area (Å²) in [5, 5.41) is 4.55. The van der Waals surface area contributed by atoms with E-state index >= 15 is 0 Å². The van der Waals surface area contributed by atoms with Crippen LogP contribution >= 0.6 is 7.26 Å². The first-order chi connectivity index (χ1) is 16.0. The second kappa shape index (κ2) is 13.1. The number of hydrogen-bond acceptors (Lipinski definition) is 0. The van der Waals surface area contributed by atoms with Crippen LogP contribution in [0, 0.1) is 5.41 Å². The van der Waals surface area contributed by atoms with Gasteiger partial charge in [0.2, 0.25) is 0 Å². The van der Waals surface area contributed by atoms with Gasteiger partial charge in [0.05, 0.1) is 6.16 Å². The van der Waals surface area contributed by atoms with Gasteiger partial charge < -0.3 is 0 Å². The lowest BCUT2D eigenvalue weighted by atomic mass is 9.89. The first-order valence-corrected chi connectivity index (χ1v) is 15.0. The van der Waals surface area contributed by atoms with E-state index in [2.05, 4.69) is 112 Å². The number of hydrogen-bond donors (Lipinski definition) is 0. The highest BCUT2D eigenvalue weighted by molar-refractivity contribution is 7.95. The fourth-order valence-electron chi connectivity index (χ4n) is 4.95. The van der Waals surface area contributed by atoms with Crippen LogP contribution in [-0.2, 0) is 0 Å². The third-order valence-electron chi connectivity index (χ3n) is 6.76. The minimum Gasteiger partial charge on any atom is -0.0620 e. The van der Waals surface area contributed by atoms with Gasteiger partial charge in [-0.05, 0) is 61.1 Å². The summed E-state index contributed by atoms with van der Waals surface area (Å²) < 4.78 is 0. The Morgan fingerprint density at radius 3 is 1.15 bits per heavy atom. The molecule has 0 aliphatic heterocycles. The Morgan fingerprint density at radius 1 is 0.455 bits per heavy atom. The zero-order chi connectivity index (χ0) is 23.4. The predicted octanol–water partition coefficient (Wildman–Crippen LogP) is 8.54. The summed E-state index contributed by atoms with van der Waals surface area (Å²) in [4.78, 5) is 0. The largest absolute Gasteiger partial charge is 0.112 e. The van der Waals surface area contributed by atoms with Crippen LogP contribution in [-0.4, -0.2) is 6.16 Å². The van der Waals surface area contributed by atoms with E-state index in [0.29, 0.717) is 5.41 Å². The summed E-state index contributed by atoms with van der Waals surface area (Å²) in [6.07, 6.45) is 13.6. The van der Waals surface area contributed by atoms with E-state index in [4.69, 9.17) is 0 Å². The normalized spacial score (nSPS) is 12.1. The predicted molar refractivity (Wildman–Crippen MR) is 151 cm³/mol. The summed E-state index contributed by atoms with van der Waals surface area (Å²) in [6.45, 7) is 7.07. The fourth-order valence-corrected chi connectivity index (χ4v) is 9.36. The summed E-state index contributed by atoms with van der Waals surface area (Å²) in [6, 6.07) is 34.0. The Kier molecular flexibility index (Phi) is 10.2. The Bertz CT molecular complexity index is 797. The molecule has 3 aromatic rings. The lowest BCUT2D eigenvalue weighted by molar-refractivity contribution is 0.356. The molecule has 0 bridgehead atoms. The van der Waals surface area contributed by atoms with E-state index in [9.17, 15) is 0 Å². The molecule has 3 rings (SSSR count). The van der Waals surface area contributed by atoms with Crippen molar-refractivity contribution < 1.29 is 0 Å². The van der Waals surface area contributed by atoms with E-state index in [0.717, 1.165) is 0 Å². The second-order valence-electron chi connectivity index (χ2n) is 10.7. The molecule has 0 spiro atoms. The highest BCUT2D eigenvalue weighted by atomic mass is 31.2. The van der Waals surface area contributed by atoms with Crippen molar-refractivity contribution in [2.45, 2.75) is 78.6 Å². The zero-order valence-electron chi connectivity index (χ0n) is 21.2. The molecule has 3 aromatic carbocycles. The molecule has 0 radical (unpaired) electrons. The van der Waals surface area contributed by atoms with Crippen LogP contribution in [0.4, 0.5) is 0 Å². The molecule has 0 saturated heterocycles. The lowest BCUT2D eigenvalue weighted by Gasteiger charge is -2.27. The molecule has 0 atom stereocenters. The summed E-state index contributed by atoms with van der Waals surface area (Å²) in [5.41, 5.74) is 0.492. The molecule has 1 heteroatoms. The Balaban J connectivity index is 1.62. The van der Waals surface area contributed by atoms with Crippen molar-refractivity contribution in [1.82, 2.24) is 0 Å². The molecule has 0 heterocycles. The minimum absolute atomic E-state index is 0.492. The standard InChI is InChI=1S/C32H44P/c1-32(2,3)27-19-8-6-4-5-7-9-20-28-33(29-21-13-10-14-22-29,30-23-15-11-16-24-30)31-25-17-12-18-26-31/h10-18,21-26H,4-9,19-20,27-28H2,1-3H3/q+1. The SMILES string of the molecule is CC(C)(C)CCCCCCCCCC[P+](c1ccccc1)(c1ccccc1)c1ccccc1. The summed E-state index contributed by atoms with van der Waals surface area (Å²) in [7, 11) is -1.64. The highest BCUT2D eigenvalue weighted by Gasteiger charge is 2.44. The van der Waals surface area contributed by atoms with Crippen LogP contribution in [0.15, 0.2) is 91.0 Å². The van der Waals surface area contributed by atoms with Crippen LogP contribution in [0.2, 0.25) is 0 Å². The minimum atomic E-state index is -1.64. The first-order valence-electron chi connectivity index (χ1n) is 13.1. The van der Waals surface area contributed by atoms with E-state index < -0.39 is 7.26 Å². The maximum atomic E-state index is 2.37. The van der Waals surface area contributed by atoms with Gasteiger partial charge in [0.15, 0.2) is 0 Å². The van der Waals surface area contributed by atoms with Crippen LogP contribution in [0.1, 0.15) is 78.6 Å². The van der Waals surface area contributed by atoms with Crippen LogP contribution in [0.3, 0.4) is 0 Å². The van der Waals surface area contributed by atoms with E-state index in [1.54, 1.807) is 0 Å². The number of benzene rings is 3. The number of unbranched alkanes of at least 4 members (excludes halogenated alkanes) is 7. The third-order valence-corrected chi connectivity index (χ3v) is 11.3. The van der Waals surface area contributed by atoms with Crippen molar-refractivity contribution in [1.29, 1.82) is 0 Å². The monoisotopic (exact) mass is 459 g/mol. The molecule has 0 saturated carbocycles. The molecule has 0 aliphatic carbocycles. The first kappa shape index (κ1) is 25.7. The molecule has 0 aromatic heterocycles. The van der Waals surface area contributed by atoms with Gasteiger partial charge in [0.25, 0.3) is 0 Å². The van der Waals surface area contributed by atoms with Crippen molar-refractivity contribution in [3.63, 3.8) is 0 Å². The van der Waals surface area contributed by atoms with Crippen molar-refractivity contribution in [3.05, 3.63) is 91.0 Å². The molecular weight excluding hydrogens is 415 g/mol. The third kappa shape index (κ3) is 7.82. The molecule has 0 aliphatic rings. The van der Waals surface area contributed by atoms with Gasteiger partial charge >= 0.3 is 0 Å². The summed E-state index contributed by atoms with van der Waals surface area (Å²) in [5.74, 6) is 0. The van der Waals surface area contributed by atoms with Crippen molar-refractivity contribution in [3.8, 4) is 0 Å². The average molecular weight is 460 g/mol. The maximum Gasteiger partial charge on any atom is 0.112 e. The van der Waals surface area contributed by atoms with Crippen molar-refractivity contribution >= 4 is 23.2 Å². The Morgan fingerprint density at radius 2 is 0.788 bits per heavy atom. The van der Waals surface area contributed by atoms with Gasteiger partial charge in [-0.1, -0.05) is 114 Å². The Labute approximate surface area is 204 Å². The van der Waals surface area contributed by atoms with Gasteiger partial charge in [-0.15, -0.1) is 0 Å². The van der Waals surface area contributed by atoms with Crippen LogP contribution < -0.4 is 15.9 Å². The highest BCUT2D eigenvalue weighted by Crippen LogP contribution is 2.56. The molecule has 0 amide bonds. The quantitative estimate of drug-likeness (QED) is 0.177. The number of rotatable bonds is 13. The van der Waals surface area contributed by atoms with E-state index in [1.165, 1.54) is 79.9 Å². The topological polar surface area (TPSA) is 0 Å². The average Bonchev–Trinajstić information content (AvgIpc) is 2.84. The second-order valence-corrected chi connectivity index (χ2v) is 14.3. The molecule has 0 fully saturated rings. The smallest absolute Gasteiger partial charge is 0.0620 e. The van der Waals surface area contributed by atoms with Crippen molar-refractivity contribution in [2.75, 3.05) is 6.16 Å². The molecule has 0 nitrogen and oxygen atoms in total. The van der Waals surface area contributed by atoms with E-state index in [-0.39, 0.29) is 0 Å². The molecule has 33 heavy (non-hydrogen) atoms. The maximum absolute atomic E-state index is 2.37. The lowest BCUT2D eigenvalue weighted by Crippen LogP contribution is -2.33. The van der Waals surface area contributed by atoms with Gasteiger partial charge in [-0.25, -0.2) is 0 Å². The van der Waals surface area contributed by atoms with Crippen molar-refractivity contribution in [2.24, 2.45) is 5.41 Å². The molecular formula is C32H44P+. The summed E-state index contributed by atoms with van der Waals surface area (Å²) >= 11 is 0. The molecule has 176 valence electrons. The Hall–Kier alpha value is -1.91.